The minimum Gasteiger partial charge on any atom is -0.490 e. The molecule has 2 saturated heterocycles. The van der Waals surface area contributed by atoms with Gasteiger partial charge >= 0.3 is 12.2 Å². The first kappa shape index (κ1) is 28.1. The first-order chi connectivity index (χ1) is 19.0. The lowest BCUT2D eigenvalue weighted by Gasteiger charge is -2.33. The highest BCUT2D eigenvalue weighted by Gasteiger charge is 2.37. The van der Waals surface area contributed by atoms with Gasteiger partial charge in [-0.15, -0.1) is 0 Å². The molecule has 5 rings (SSSR count). The van der Waals surface area contributed by atoms with Gasteiger partial charge in [0.15, 0.2) is 5.82 Å². The van der Waals surface area contributed by atoms with Gasteiger partial charge in [0.2, 0.25) is 0 Å². The zero-order valence-electron chi connectivity index (χ0n) is 21.4. The molecule has 40 heavy (non-hydrogen) atoms. The van der Waals surface area contributed by atoms with E-state index >= 15 is 0 Å². The zero-order valence-corrected chi connectivity index (χ0v) is 22.6. The molecule has 12 heteroatoms. The number of carbonyl (C=O) groups excluding carboxylic acids is 1. The van der Waals surface area contributed by atoms with Crippen molar-refractivity contribution in [2.45, 2.75) is 37.0 Å². The minimum atomic E-state index is -4.54. The second-order valence-corrected chi connectivity index (χ2v) is 11.0. The molecule has 2 amide bonds. The maximum atomic E-state index is 14.8. The second-order valence-electron chi connectivity index (χ2n) is 9.97. The molecule has 6 nitrogen and oxygen atoms in total. The van der Waals surface area contributed by atoms with Crippen LogP contribution in [-0.4, -0.2) is 53.6 Å². The van der Waals surface area contributed by atoms with E-state index in [1.54, 1.807) is 29.2 Å². The van der Waals surface area contributed by atoms with Crippen molar-refractivity contribution in [3.8, 4) is 16.9 Å². The van der Waals surface area contributed by atoms with E-state index in [1.807, 2.05) is 0 Å². The number of urea groups is 1. The predicted molar refractivity (Wildman–Crippen MR) is 146 cm³/mol. The van der Waals surface area contributed by atoms with Gasteiger partial charge in [0.1, 0.15) is 23.1 Å². The number of piperidine rings is 1. The number of anilines is 2. The normalized spacial score (nSPS) is 20.1. The van der Waals surface area contributed by atoms with Crippen LogP contribution in [0.2, 0.25) is 0 Å². The zero-order chi connectivity index (χ0) is 28.5. The Hall–Kier alpha value is -3.46. The lowest BCUT2D eigenvalue weighted by molar-refractivity contribution is -0.139. The van der Waals surface area contributed by atoms with Crippen molar-refractivity contribution in [1.82, 2.24) is 9.88 Å². The molecule has 0 aliphatic carbocycles. The molecule has 0 radical (unpaired) electrons. The smallest absolute Gasteiger partial charge is 0.419 e. The molecular weight excluding hydrogens is 550 g/mol. The molecule has 212 valence electrons. The number of para-hydroxylation sites is 1. The molecular formula is C28H28F5N4O2P. The number of likely N-dealkylation sites (tertiary alicyclic amines) is 1. The van der Waals surface area contributed by atoms with Gasteiger partial charge in [-0.05, 0) is 24.3 Å². The lowest BCUT2D eigenvalue weighted by Crippen LogP contribution is -2.44. The minimum absolute atomic E-state index is 0.0381. The first-order valence-electron chi connectivity index (χ1n) is 12.9. The highest BCUT2D eigenvalue weighted by atomic mass is 31.0. The number of halogens is 5. The molecule has 1 aromatic heterocycles. The molecule has 0 bridgehead atoms. The van der Waals surface area contributed by atoms with E-state index in [-0.39, 0.29) is 43.1 Å². The summed E-state index contributed by atoms with van der Waals surface area (Å²) < 4.78 is 75.2. The molecule has 2 aliphatic heterocycles. The molecule has 3 aromatic rings. The number of amides is 2. The largest absolute Gasteiger partial charge is 0.490 e. The Balaban J connectivity index is 1.34. The highest BCUT2D eigenvalue weighted by Crippen LogP contribution is 2.41. The van der Waals surface area contributed by atoms with Crippen LogP contribution in [0.4, 0.5) is 38.3 Å². The molecule has 1 N–H and O–H groups in total. The van der Waals surface area contributed by atoms with Gasteiger partial charge in [-0.25, -0.2) is 18.6 Å². The topological polar surface area (TPSA) is 57.7 Å². The van der Waals surface area contributed by atoms with Crippen LogP contribution >= 0.6 is 9.24 Å². The van der Waals surface area contributed by atoms with Gasteiger partial charge in [-0.3, -0.25) is 0 Å². The summed E-state index contributed by atoms with van der Waals surface area (Å²) in [5.74, 6) is -0.395. The van der Waals surface area contributed by atoms with E-state index in [1.165, 1.54) is 35.4 Å². The van der Waals surface area contributed by atoms with Crippen LogP contribution in [0.25, 0.3) is 11.1 Å². The summed E-state index contributed by atoms with van der Waals surface area (Å²) in [6, 6.07) is 12.3. The van der Waals surface area contributed by atoms with Gasteiger partial charge in [-0.1, -0.05) is 39.6 Å². The maximum absolute atomic E-state index is 14.8. The number of aromatic nitrogens is 1. The fourth-order valence-corrected chi connectivity index (χ4v) is 5.39. The number of nitrogens with one attached hydrogen (secondary N) is 1. The molecule has 2 aliphatic rings. The van der Waals surface area contributed by atoms with Crippen LogP contribution in [0, 0.1) is 5.82 Å². The van der Waals surface area contributed by atoms with Gasteiger partial charge in [-0.2, -0.15) is 13.2 Å². The van der Waals surface area contributed by atoms with Crippen LogP contribution in [0.5, 0.6) is 5.75 Å². The van der Waals surface area contributed by atoms with Crippen molar-refractivity contribution in [3.63, 3.8) is 0 Å². The van der Waals surface area contributed by atoms with E-state index in [0.717, 1.165) is 6.07 Å². The summed E-state index contributed by atoms with van der Waals surface area (Å²) in [7, 11) is 2.20. The Kier molecular flexibility index (Phi) is 7.86. The van der Waals surface area contributed by atoms with Crippen molar-refractivity contribution < 1.29 is 31.5 Å². The number of alkyl halides is 4. The number of ether oxygens (including phenoxy) is 1. The van der Waals surface area contributed by atoms with Crippen LogP contribution in [0.15, 0.2) is 60.8 Å². The molecule has 2 aromatic carbocycles. The monoisotopic (exact) mass is 578 g/mol. The lowest BCUT2D eigenvalue weighted by atomic mass is 10.0. The summed E-state index contributed by atoms with van der Waals surface area (Å²) in [6.07, 6.45) is -2.65. The third-order valence-electron chi connectivity index (χ3n) is 7.09. The number of nitrogens with zero attached hydrogens (tertiary/aromatic N) is 3. The maximum Gasteiger partial charge on any atom is 0.419 e. The molecule has 2 fully saturated rings. The fraction of sp³-hybridized carbons (Fsp3) is 0.357. The summed E-state index contributed by atoms with van der Waals surface area (Å²) in [5, 5.41) is 1.36. The highest BCUT2D eigenvalue weighted by molar-refractivity contribution is 7.18. The number of benzene rings is 2. The quantitative estimate of drug-likeness (QED) is 0.270. The first-order valence-corrected chi connectivity index (χ1v) is 13.4. The van der Waals surface area contributed by atoms with Gasteiger partial charge in [0, 0.05) is 56.2 Å². The summed E-state index contributed by atoms with van der Waals surface area (Å²) >= 11 is 0. The van der Waals surface area contributed by atoms with Crippen molar-refractivity contribution in [3.05, 3.63) is 72.2 Å². The molecule has 2 unspecified atom stereocenters. The average molecular weight is 579 g/mol. The van der Waals surface area contributed by atoms with Crippen LogP contribution in [-0.2, 0) is 6.18 Å². The Labute approximate surface area is 230 Å². The fourth-order valence-electron chi connectivity index (χ4n) is 5.04. The van der Waals surface area contributed by atoms with Crippen molar-refractivity contribution in [2.24, 2.45) is 0 Å². The van der Waals surface area contributed by atoms with E-state index in [9.17, 15) is 26.7 Å². The van der Waals surface area contributed by atoms with Crippen LogP contribution < -0.4 is 15.0 Å². The summed E-state index contributed by atoms with van der Waals surface area (Å²) in [5.41, 5.74) is 0.0782. The van der Waals surface area contributed by atoms with Crippen molar-refractivity contribution in [2.75, 3.05) is 36.4 Å². The summed E-state index contributed by atoms with van der Waals surface area (Å²) in [6.45, 7) is 0.867. The SMILES string of the molecule is O=C(Nc1c(-c2ccccc2F)ccnc1N1CCC(F)(P)C1)N1CCC(Oc2ccccc2C(F)(F)F)CC1. The van der Waals surface area contributed by atoms with Gasteiger partial charge < -0.3 is 19.9 Å². The third-order valence-corrected chi connectivity index (χ3v) is 7.56. The predicted octanol–water partition coefficient (Wildman–Crippen LogP) is 6.73. The Morgan fingerprint density at radius 1 is 1.02 bits per heavy atom. The van der Waals surface area contributed by atoms with E-state index < -0.39 is 35.1 Å². The Bertz CT molecular complexity index is 1380. The number of carbonyl (C=O) groups is 1. The number of pyridine rings is 1. The number of hydrogen-bond acceptors (Lipinski definition) is 4. The standard InChI is InChI=1S/C28H28F5N4O2P/c29-22-7-3-1-5-19(22)20-9-13-34-25(37-16-12-27(30,40)17-37)24(20)35-26(38)36-14-10-18(11-15-36)39-23-8-4-2-6-21(23)28(31,32)33/h1-9,13,18H,10-12,14-17,40H2,(H,35,38). The van der Waals surface area contributed by atoms with E-state index in [4.69, 9.17) is 4.74 Å². The van der Waals surface area contributed by atoms with Crippen molar-refractivity contribution >= 4 is 26.8 Å². The average Bonchev–Trinajstić information content (AvgIpc) is 3.28. The summed E-state index contributed by atoms with van der Waals surface area (Å²) in [4.78, 5) is 21.0. The number of hydrogen-bond donors (Lipinski definition) is 1. The van der Waals surface area contributed by atoms with Crippen LogP contribution in [0.3, 0.4) is 0 Å². The van der Waals surface area contributed by atoms with E-state index in [2.05, 4.69) is 19.5 Å². The van der Waals surface area contributed by atoms with Crippen LogP contribution in [0.1, 0.15) is 24.8 Å². The van der Waals surface area contributed by atoms with Gasteiger partial charge in [0.25, 0.3) is 0 Å². The Morgan fingerprint density at radius 2 is 1.73 bits per heavy atom. The number of rotatable bonds is 5. The molecule has 3 heterocycles. The molecule has 0 saturated carbocycles. The van der Waals surface area contributed by atoms with Gasteiger partial charge in [0.05, 0.1) is 17.8 Å². The third kappa shape index (κ3) is 6.14. The Morgan fingerprint density at radius 3 is 2.40 bits per heavy atom. The van der Waals surface area contributed by atoms with E-state index in [0.29, 0.717) is 30.8 Å². The molecule has 0 spiro atoms. The van der Waals surface area contributed by atoms with Crippen molar-refractivity contribution in [1.29, 1.82) is 0 Å². The second kappa shape index (κ2) is 11.2. The molecule has 2 atom stereocenters.